The fraction of sp³-hybridized carbons (Fsp3) is 0.467. The molecule has 0 saturated carbocycles. The number of carbonyl (C=O) groups excluding carboxylic acids is 1. The molecular formula is C15H22BrClN4O2. The summed E-state index contributed by atoms with van der Waals surface area (Å²) < 4.78 is 7.07. The van der Waals surface area contributed by atoms with E-state index in [0.717, 1.165) is 5.69 Å². The molecule has 0 aliphatic carbocycles. The number of methoxy groups -OCH3 is 1. The van der Waals surface area contributed by atoms with Gasteiger partial charge in [0.25, 0.3) is 0 Å². The van der Waals surface area contributed by atoms with Gasteiger partial charge in [-0.05, 0) is 35.9 Å². The van der Waals surface area contributed by atoms with E-state index in [2.05, 4.69) is 32.9 Å². The van der Waals surface area contributed by atoms with Crippen molar-refractivity contribution in [3.05, 3.63) is 39.9 Å². The van der Waals surface area contributed by atoms with E-state index >= 15 is 0 Å². The van der Waals surface area contributed by atoms with E-state index in [1.165, 1.54) is 0 Å². The minimum atomic E-state index is -0.00523. The summed E-state index contributed by atoms with van der Waals surface area (Å²) in [6.07, 6.45) is 3.48. The molecular weight excluding hydrogens is 384 g/mol. The molecule has 1 N–H and O–H groups in total. The maximum Gasteiger partial charge on any atom is 0.244 e. The number of halogens is 2. The molecule has 0 aromatic carbocycles. The SMILES string of the molecule is C=C(/C=C/NCCN(CC)C(=O)Cn1nc(Br)c(Cl)c1C)OC. The number of hydrogen-bond acceptors (Lipinski definition) is 4. The molecule has 0 fully saturated rings. The van der Waals surface area contributed by atoms with Crippen LogP contribution in [0.5, 0.6) is 0 Å². The zero-order chi connectivity index (χ0) is 17.4. The lowest BCUT2D eigenvalue weighted by Crippen LogP contribution is -2.38. The Labute approximate surface area is 150 Å². The van der Waals surface area contributed by atoms with E-state index in [1.807, 2.05) is 13.8 Å². The van der Waals surface area contributed by atoms with Crippen LogP contribution in [0.3, 0.4) is 0 Å². The van der Waals surface area contributed by atoms with Crippen molar-refractivity contribution in [1.29, 1.82) is 0 Å². The van der Waals surface area contributed by atoms with E-state index in [9.17, 15) is 4.79 Å². The highest BCUT2D eigenvalue weighted by Crippen LogP contribution is 2.24. The Morgan fingerprint density at radius 3 is 2.83 bits per heavy atom. The Hall–Kier alpha value is -1.47. The second kappa shape index (κ2) is 9.62. The molecule has 0 saturated heterocycles. The average Bonchev–Trinajstić information content (AvgIpc) is 2.77. The predicted octanol–water partition coefficient (Wildman–Crippen LogP) is 2.72. The number of aromatic nitrogens is 2. The third-order valence-corrected chi connectivity index (χ3v) is 4.53. The van der Waals surface area contributed by atoms with Gasteiger partial charge in [-0.3, -0.25) is 9.48 Å². The minimum absolute atomic E-state index is 0.00523. The highest BCUT2D eigenvalue weighted by Gasteiger charge is 2.16. The molecule has 6 nitrogen and oxygen atoms in total. The molecule has 128 valence electrons. The van der Waals surface area contributed by atoms with E-state index in [-0.39, 0.29) is 12.5 Å². The van der Waals surface area contributed by atoms with Crippen LogP contribution in [-0.2, 0) is 16.1 Å². The quantitative estimate of drug-likeness (QED) is 0.390. The topological polar surface area (TPSA) is 59.4 Å². The first-order valence-electron chi connectivity index (χ1n) is 7.19. The lowest BCUT2D eigenvalue weighted by molar-refractivity contribution is -0.131. The Morgan fingerprint density at radius 1 is 1.61 bits per heavy atom. The number of likely N-dealkylation sites (N-methyl/N-ethyl adjacent to an activating group) is 1. The van der Waals surface area contributed by atoms with Crippen LogP contribution in [0.15, 0.2) is 29.2 Å². The lowest BCUT2D eigenvalue weighted by Gasteiger charge is -2.21. The van der Waals surface area contributed by atoms with Gasteiger partial charge in [0.1, 0.15) is 16.9 Å². The standard InChI is InChI=1S/C15H22BrClN4O2/c1-5-20(9-8-18-7-6-11(2)23-4)13(22)10-21-12(3)14(17)15(16)19-21/h6-7,18H,2,5,8-10H2,1,3-4H3/b7-6+. The number of carbonyl (C=O) groups is 1. The normalized spacial score (nSPS) is 10.8. The monoisotopic (exact) mass is 404 g/mol. The predicted molar refractivity (Wildman–Crippen MR) is 95.2 cm³/mol. The van der Waals surface area contributed by atoms with Crippen molar-refractivity contribution in [1.82, 2.24) is 20.0 Å². The second-order valence-corrected chi connectivity index (χ2v) is 5.91. The molecule has 0 aliphatic heterocycles. The number of ether oxygens (including phenoxy) is 1. The van der Waals surface area contributed by atoms with E-state index in [4.69, 9.17) is 16.3 Å². The molecule has 0 unspecified atom stereocenters. The van der Waals surface area contributed by atoms with Crippen molar-refractivity contribution in [2.24, 2.45) is 0 Å². The van der Waals surface area contributed by atoms with Crippen molar-refractivity contribution < 1.29 is 9.53 Å². The Bertz CT molecular complexity index is 586. The van der Waals surface area contributed by atoms with Crippen molar-refractivity contribution in [2.75, 3.05) is 26.7 Å². The molecule has 0 aliphatic rings. The molecule has 1 heterocycles. The Kier molecular flexibility index (Phi) is 8.19. The largest absolute Gasteiger partial charge is 0.497 e. The van der Waals surface area contributed by atoms with Crippen LogP contribution >= 0.6 is 27.5 Å². The summed E-state index contributed by atoms with van der Waals surface area (Å²) >= 11 is 9.32. The minimum Gasteiger partial charge on any atom is -0.497 e. The van der Waals surface area contributed by atoms with Crippen LogP contribution in [0.1, 0.15) is 12.6 Å². The summed E-state index contributed by atoms with van der Waals surface area (Å²) in [6, 6.07) is 0. The van der Waals surface area contributed by atoms with Gasteiger partial charge in [-0.2, -0.15) is 5.10 Å². The lowest BCUT2D eigenvalue weighted by atomic mass is 10.4. The molecule has 1 aromatic heterocycles. The zero-order valence-electron chi connectivity index (χ0n) is 13.6. The molecule has 8 heteroatoms. The summed E-state index contributed by atoms with van der Waals surface area (Å²) in [7, 11) is 1.56. The number of hydrogen-bond donors (Lipinski definition) is 1. The number of amides is 1. The van der Waals surface area contributed by atoms with E-state index < -0.39 is 0 Å². The fourth-order valence-corrected chi connectivity index (χ4v) is 2.45. The summed E-state index contributed by atoms with van der Waals surface area (Å²) in [6.45, 7) is 9.48. The molecule has 0 atom stereocenters. The smallest absolute Gasteiger partial charge is 0.244 e. The van der Waals surface area contributed by atoms with E-state index in [0.29, 0.717) is 35.0 Å². The first-order valence-corrected chi connectivity index (χ1v) is 8.36. The third kappa shape index (κ3) is 5.91. The van der Waals surface area contributed by atoms with Gasteiger partial charge in [0.2, 0.25) is 5.91 Å². The molecule has 23 heavy (non-hydrogen) atoms. The average molecular weight is 406 g/mol. The summed E-state index contributed by atoms with van der Waals surface area (Å²) in [5, 5.41) is 7.83. The summed E-state index contributed by atoms with van der Waals surface area (Å²) in [5.41, 5.74) is 0.766. The maximum absolute atomic E-state index is 12.4. The number of nitrogens with one attached hydrogen (secondary N) is 1. The zero-order valence-corrected chi connectivity index (χ0v) is 15.9. The third-order valence-electron chi connectivity index (χ3n) is 3.29. The van der Waals surface area contributed by atoms with Gasteiger partial charge in [0, 0.05) is 25.8 Å². The first-order chi connectivity index (χ1) is 10.9. The fourth-order valence-electron chi connectivity index (χ4n) is 1.83. The van der Waals surface area contributed by atoms with Crippen LogP contribution in [0.2, 0.25) is 5.02 Å². The molecule has 1 rings (SSSR count). The van der Waals surface area contributed by atoms with Gasteiger partial charge < -0.3 is 15.0 Å². The Balaban J connectivity index is 2.50. The maximum atomic E-state index is 12.4. The first kappa shape index (κ1) is 19.6. The molecule has 1 amide bonds. The number of nitrogens with zero attached hydrogens (tertiary/aromatic N) is 3. The van der Waals surface area contributed by atoms with Gasteiger partial charge in [0.05, 0.1) is 17.8 Å². The van der Waals surface area contributed by atoms with Crippen LogP contribution in [0, 0.1) is 6.92 Å². The van der Waals surface area contributed by atoms with Crippen LogP contribution in [-0.4, -0.2) is 47.3 Å². The molecule has 0 bridgehead atoms. The van der Waals surface area contributed by atoms with Crippen LogP contribution in [0.4, 0.5) is 0 Å². The summed E-state index contributed by atoms with van der Waals surface area (Å²) in [5.74, 6) is 0.562. The Morgan fingerprint density at radius 2 is 2.30 bits per heavy atom. The number of allylic oxidation sites excluding steroid dienone is 1. The highest BCUT2D eigenvalue weighted by molar-refractivity contribution is 9.10. The van der Waals surface area contributed by atoms with Crippen LogP contribution in [0.25, 0.3) is 0 Å². The van der Waals surface area contributed by atoms with Crippen molar-refractivity contribution in [3.63, 3.8) is 0 Å². The van der Waals surface area contributed by atoms with E-state index in [1.54, 1.807) is 29.0 Å². The van der Waals surface area contributed by atoms with Gasteiger partial charge >= 0.3 is 0 Å². The van der Waals surface area contributed by atoms with Crippen molar-refractivity contribution >= 4 is 33.4 Å². The highest BCUT2D eigenvalue weighted by atomic mass is 79.9. The molecule has 1 aromatic rings. The van der Waals surface area contributed by atoms with Gasteiger partial charge in [-0.25, -0.2) is 0 Å². The van der Waals surface area contributed by atoms with Gasteiger partial charge in [-0.15, -0.1) is 0 Å². The van der Waals surface area contributed by atoms with Crippen molar-refractivity contribution in [3.8, 4) is 0 Å². The summed E-state index contributed by atoms with van der Waals surface area (Å²) in [4.78, 5) is 14.1. The van der Waals surface area contributed by atoms with Gasteiger partial charge in [-0.1, -0.05) is 18.2 Å². The second-order valence-electron chi connectivity index (χ2n) is 4.78. The molecule has 0 spiro atoms. The van der Waals surface area contributed by atoms with Gasteiger partial charge in [0.15, 0.2) is 0 Å². The van der Waals surface area contributed by atoms with Crippen molar-refractivity contribution in [2.45, 2.75) is 20.4 Å². The molecule has 0 radical (unpaired) electrons. The van der Waals surface area contributed by atoms with Crippen LogP contribution < -0.4 is 5.32 Å². The number of rotatable bonds is 9.